The predicted octanol–water partition coefficient (Wildman–Crippen LogP) is 3.50. The van der Waals surface area contributed by atoms with E-state index in [-0.39, 0.29) is 30.0 Å². The molecule has 0 amide bonds. The summed E-state index contributed by atoms with van der Waals surface area (Å²) in [6.07, 6.45) is 0.881. The van der Waals surface area contributed by atoms with Crippen LogP contribution in [-0.2, 0) is 11.2 Å². The van der Waals surface area contributed by atoms with Crippen LogP contribution >= 0.6 is 46.9 Å². The van der Waals surface area contributed by atoms with E-state index >= 15 is 0 Å². The number of halogens is 2. The van der Waals surface area contributed by atoms with Gasteiger partial charge in [-0.05, 0) is 24.6 Å². The first-order chi connectivity index (χ1) is 13.7. The molecule has 0 aliphatic carbocycles. The molecule has 0 radical (unpaired) electrons. The number of morpholine rings is 1. The Morgan fingerprint density at radius 3 is 2.79 bits per heavy atom. The van der Waals surface area contributed by atoms with E-state index in [9.17, 15) is 0 Å². The van der Waals surface area contributed by atoms with Crippen LogP contribution < -0.4 is 10.6 Å². The smallest absolute Gasteiger partial charge is 0.191 e. The fraction of sp³-hybridized carbons (Fsp3) is 0.500. The minimum atomic E-state index is 0. The van der Waals surface area contributed by atoms with Crippen molar-refractivity contribution >= 4 is 52.9 Å². The quantitative estimate of drug-likeness (QED) is 0.315. The third-order valence-corrected chi connectivity index (χ3v) is 5.80. The largest absolute Gasteiger partial charge is 0.379 e. The number of hydrogen-bond acceptors (Lipinski definition) is 5. The van der Waals surface area contributed by atoms with Crippen LogP contribution in [0.1, 0.15) is 22.3 Å². The number of nitrogens with zero attached hydrogens (tertiary/aromatic N) is 3. The second kappa shape index (κ2) is 12.7. The monoisotopic (exact) mass is 549 g/mol. The minimum Gasteiger partial charge on any atom is -0.379 e. The summed E-state index contributed by atoms with van der Waals surface area (Å²) in [5.74, 6) is 0.798. The molecule has 1 aliphatic heterocycles. The molecule has 3 rings (SSSR count). The Morgan fingerprint density at radius 1 is 1.34 bits per heavy atom. The van der Waals surface area contributed by atoms with Crippen molar-refractivity contribution in [3.05, 3.63) is 50.9 Å². The second-order valence-corrected chi connectivity index (χ2v) is 8.21. The molecule has 0 saturated carbocycles. The Bertz CT molecular complexity index is 782. The first kappa shape index (κ1) is 24.3. The molecule has 2 N–H and O–H groups in total. The molecule has 1 atom stereocenters. The Kier molecular flexibility index (Phi) is 10.6. The van der Waals surface area contributed by atoms with E-state index in [0.717, 1.165) is 67.5 Å². The van der Waals surface area contributed by atoms with Gasteiger partial charge in [0, 0.05) is 50.1 Å². The average Bonchev–Trinajstić information content (AvgIpc) is 3.13. The lowest BCUT2D eigenvalue weighted by molar-refractivity contribution is 0.0170. The van der Waals surface area contributed by atoms with Crippen molar-refractivity contribution in [1.82, 2.24) is 20.5 Å². The number of nitrogens with one attached hydrogen (secondary N) is 2. The van der Waals surface area contributed by atoms with E-state index in [2.05, 4.69) is 37.0 Å². The van der Waals surface area contributed by atoms with Gasteiger partial charge in [-0.3, -0.25) is 9.89 Å². The van der Waals surface area contributed by atoms with Crippen LogP contribution in [0.2, 0.25) is 5.02 Å². The zero-order chi connectivity index (χ0) is 19.8. The molecule has 1 saturated heterocycles. The van der Waals surface area contributed by atoms with Crippen LogP contribution in [0.4, 0.5) is 0 Å². The Hall–Kier alpha value is -0.940. The third-order valence-electron chi connectivity index (χ3n) is 4.75. The number of hydrogen-bond donors (Lipinski definition) is 2. The second-order valence-electron chi connectivity index (χ2n) is 6.71. The summed E-state index contributed by atoms with van der Waals surface area (Å²) < 4.78 is 5.52. The fourth-order valence-electron chi connectivity index (χ4n) is 3.31. The first-order valence-electron chi connectivity index (χ1n) is 9.58. The molecule has 1 aliphatic rings. The van der Waals surface area contributed by atoms with Crippen LogP contribution in [0, 0.1) is 6.92 Å². The van der Waals surface area contributed by atoms with Crippen LogP contribution in [0.5, 0.6) is 0 Å². The maximum absolute atomic E-state index is 6.24. The molecule has 29 heavy (non-hydrogen) atoms. The maximum Gasteiger partial charge on any atom is 0.191 e. The zero-order valence-corrected chi connectivity index (χ0v) is 20.8. The van der Waals surface area contributed by atoms with Crippen molar-refractivity contribution in [1.29, 1.82) is 0 Å². The van der Waals surface area contributed by atoms with Crippen molar-refractivity contribution in [2.45, 2.75) is 19.4 Å². The summed E-state index contributed by atoms with van der Waals surface area (Å²) in [4.78, 5) is 11.3. The molecule has 2 heterocycles. The highest BCUT2D eigenvalue weighted by Gasteiger charge is 2.23. The number of rotatable bonds is 7. The lowest BCUT2D eigenvalue weighted by Gasteiger charge is -2.35. The van der Waals surface area contributed by atoms with Crippen LogP contribution in [0.15, 0.2) is 34.6 Å². The van der Waals surface area contributed by atoms with E-state index in [0.29, 0.717) is 0 Å². The number of thiazole rings is 1. The summed E-state index contributed by atoms with van der Waals surface area (Å²) in [7, 11) is 1.80. The molecule has 1 unspecified atom stereocenters. The summed E-state index contributed by atoms with van der Waals surface area (Å²) in [5.41, 5.74) is 2.32. The highest BCUT2D eigenvalue weighted by molar-refractivity contribution is 14.0. The summed E-state index contributed by atoms with van der Waals surface area (Å²) in [6.45, 7) is 6.91. The molecule has 0 spiro atoms. The summed E-state index contributed by atoms with van der Waals surface area (Å²) in [5, 5.41) is 10.8. The van der Waals surface area contributed by atoms with Crippen LogP contribution in [0.25, 0.3) is 0 Å². The number of aryl methyl sites for hydroxylation is 1. The van der Waals surface area contributed by atoms with Crippen molar-refractivity contribution in [3.8, 4) is 0 Å². The zero-order valence-electron chi connectivity index (χ0n) is 16.9. The number of ether oxygens (including phenoxy) is 1. The molecule has 1 aromatic heterocycles. The van der Waals surface area contributed by atoms with Gasteiger partial charge >= 0.3 is 0 Å². The van der Waals surface area contributed by atoms with Gasteiger partial charge in [-0.25, -0.2) is 4.98 Å². The van der Waals surface area contributed by atoms with Gasteiger partial charge in [0.2, 0.25) is 0 Å². The van der Waals surface area contributed by atoms with Gasteiger partial charge in [-0.1, -0.05) is 23.7 Å². The highest BCUT2D eigenvalue weighted by atomic mass is 127. The standard InChI is InChI=1S/C20H28ClN5OS.HI/c1-15-25-18(14-28-15)6-7-23-20(22-2)24-13-19(26-8-10-27-11-9-26)16-4-3-5-17(21)12-16;/h3-5,12,14,19H,6-11,13H2,1-2H3,(H2,22,23,24);1H. The molecule has 1 fully saturated rings. The number of benzene rings is 1. The predicted molar refractivity (Wildman–Crippen MR) is 132 cm³/mol. The SMILES string of the molecule is CN=C(NCCc1csc(C)n1)NCC(c1cccc(Cl)c1)N1CCOCC1.I. The topological polar surface area (TPSA) is 61.8 Å². The molecular weight excluding hydrogens is 521 g/mol. The van der Waals surface area contributed by atoms with Gasteiger partial charge in [0.15, 0.2) is 5.96 Å². The van der Waals surface area contributed by atoms with Crippen LogP contribution in [0.3, 0.4) is 0 Å². The molecule has 6 nitrogen and oxygen atoms in total. The van der Waals surface area contributed by atoms with E-state index in [4.69, 9.17) is 16.3 Å². The van der Waals surface area contributed by atoms with Crippen molar-refractivity contribution in [3.63, 3.8) is 0 Å². The van der Waals surface area contributed by atoms with Crippen molar-refractivity contribution in [2.75, 3.05) is 46.4 Å². The normalized spacial score (nSPS) is 16.2. The number of aromatic nitrogens is 1. The van der Waals surface area contributed by atoms with Gasteiger partial charge < -0.3 is 15.4 Å². The molecular formula is C20H29ClIN5OS. The summed E-state index contributed by atoms with van der Waals surface area (Å²) in [6, 6.07) is 8.31. The number of guanidine groups is 1. The van der Waals surface area contributed by atoms with Gasteiger partial charge in [-0.15, -0.1) is 35.3 Å². The lowest BCUT2D eigenvalue weighted by Crippen LogP contribution is -2.46. The molecule has 2 aromatic rings. The molecule has 1 aromatic carbocycles. The highest BCUT2D eigenvalue weighted by Crippen LogP contribution is 2.23. The summed E-state index contributed by atoms with van der Waals surface area (Å²) >= 11 is 7.93. The minimum absolute atomic E-state index is 0. The van der Waals surface area contributed by atoms with Gasteiger partial charge in [0.25, 0.3) is 0 Å². The number of aliphatic imine (C=N–C) groups is 1. The Morgan fingerprint density at radius 2 is 2.14 bits per heavy atom. The van der Waals surface area contributed by atoms with E-state index in [1.54, 1.807) is 18.4 Å². The first-order valence-corrected chi connectivity index (χ1v) is 10.8. The van der Waals surface area contributed by atoms with Gasteiger partial charge in [0.05, 0.1) is 30.0 Å². The van der Waals surface area contributed by atoms with E-state index < -0.39 is 0 Å². The lowest BCUT2D eigenvalue weighted by atomic mass is 10.0. The van der Waals surface area contributed by atoms with Crippen LogP contribution in [-0.4, -0.2) is 62.3 Å². The molecule has 9 heteroatoms. The Balaban J connectivity index is 0.00000300. The Labute approximate surface area is 199 Å². The fourth-order valence-corrected chi connectivity index (χ4v) is 4.15. The van der Waals surface area contributed by atoms with Gasteiger partial charge in [-0.2, -0.15) is 0 Å². The van der Waals surface area contributed by atoms with Crippen molar-refractivity contribution in [2.24, 2.45) is 4.99 Å². The van der Waals surface area contributed by atoms with Gasteiger partial charge in [0.1, 0.15) is 0 Å². The average molecular weight is 550 g/mol. The van der Waals surface area contributed by atoms with Crippen molar-refractivity contribution < 1.29 is 4.74 Å². The van der Waals surface area contributed by atoms with E-state index in [1.807, 2.05) is 25.1 Å². The third kappa shape index (κ3) is 7.67. The molecule has 0 bridgehead atoms. The molecule has 160 valence electrons. The van der Waals surface area contributed by atoms with E-state index in [1.165, 1.54) is 5.56 Å². The maximum atomic E-state index is 6.24.